The topological polar surface area (TPSA) is 69.6 Å². The number of benzene rings is 1. The van der Waals surface area contributed by atoms with Crippen LogP contribution in [0.4, 0.5) is 13.2 Å². The first-order valence-electron chi connectivity index (χ1n) is 6.00. The Morgan fingerprint density at radius 1 is 1.40 bits per heavy atom. The van der Waals surface area contributed by atoms with Gasteiger partial charge in [0.25, 0.3) is 5.91 Å². The fourth-order valence-corrected chi connectivity index (χ4v) is 1.58. The van der Waals surface area contributed by atoms with Gasteiger partial charge in [-0.1, -0.05) is 6.07 Å². The quantitative estimate of drug-likeness (QED) is 0.770. The molecule has 0 unspecified atom stereocenters. The van der Waals surface area contributed by atoms with E-state index < -0.39 is 30.4 Å². The van der Waals surface area contributed by atoms with Gasteiger partial charge in [-0.3, -0.25) is 4.79 Å². The summed E-state index contributed by atoms with van der Waals surface area (Å²) in [5, 5.41) is 20.1. The summed E-state index contributed by atoms with van der Waals surface area (Å²) in [4.78, 5) is 11.8. The van der Waals surface area contributed by atoms with Crippen molar-refractivity contribution in [1.82, 2.24) is 5.32 Å². The molecule has 4 nitrogen and oxygen atoms in total. The van der Waals surface area contributed by atoms with Gasteiger partial charge >= 0.3 is 6.18 Å². The van der Waals surface area contributed by atoms with Gasteiger partial charge in [0.2, 0.25) is 0 Å². The van der Waals surface area contributed by atoms with E-state index in [4.69, 9.17) is 10.2 Å². The van der Waals surface area contributed by atoms with Crippen LogP contribution in [0.2, 0.25) is 0 Å². The van der Waals surface area contributed by atoms with Crippen molar-refractivity contribution in [2.75, 3.05) is 13.2 Å². The zero-order chi connectivity index (χ0) is 15.3. The van der Waals surface area contributed by atoms with Gasteiger partial charge in [0, 0.05) is 12.1 Å². The molecule has 1 aromatic carbocycles. The van der Waals surface area contributed by atoms with Gasteiger partial charge in [0.1, 0.15) is 0 Å². The van der Waals surface area contributed by atoms with Gasteiger partial charge in [-0.25, -0.2) is 0 Å². The minimum Gasteiger partial charge on any atom is -0.394 e. The lowest BCUT2D eigenvalue weighted by atomic mass is 10.0. The Balaban J connectivity index is 2.77. The van der Waals surface area contributed by atoms with E-state index in [1.807, 2.05) is 0 Å². The summed E-state index contributed by atoms with van der Waals surface area (Å²) < 4.78 is 37.7. The van der Waals surface area contributed by atoms with Gasteiger partial charge in [-0.2, -0.15) is 13.2 Å². The van der Waals surface area contributed by atoms with Crippen LogP contribution < -0.4 is 5.32 Å². The number of carbonyl (C=O) groups is 1. The summed E-state index contributed by atoms with van der Waals surface area (Å²) in [5.74, 6) is -0.640. The second kappa shape index (κ2) is 6.71. The van der Waals surface area contributed by atoms with Crippen molar-refractivity contribution in [3.63, 3.8) is 0 Å². The van der Waals surface area contributed by atoms with E-state index in [-0.39, 0.29) is 18.5 Å². The van der Waals surface area contributed by atoms with E-state index in [1.54, 1.807) is 0 Å². The lowest BCUT2D eigenvalue weighted by Crippen LogP contribution is -2.29. The first-order valence-corrected chi connectivity index (χ1v) is 6.00. The number of aliphatic hydroxyl groups excluding tert-OH is 2. The van der Waals surface area contributed by atoms with Gasteiger partial charge in [0.05, 0.1) is 18.3 Å². The molecule has 0 aliphatic rings. The van der Waals surface area contributed by atoms with E-state index in [9.17, 15) is 18.0 Å². The Kier molecular flexibility index (Phi) is 5.52. The lowest BCUT2D eigenvalue weighted by Gasteiger charge is -2.12. The molecule has 7 heteroatoms. The van der Waals surface area contributed by atoms with E-state index >= 15 is 0 Å². The number of alkyl halides is 3. The predicted octanol–water partition coefficient (Wildman–Crippen LogP) is 1.49. The molecular weight excluding hydrogens is 275 g/mol. The number of rotatable bonds is 5. The molecule has 1 aromatic rings. The molecule has 3 N–H and O–H groups in total. The molecule has 0 aliphatic heterocycles. The average molecular weight is 291 g/mol. The van der Waals surface area contributed by atoms with Crippen molar-refractivity contribution in [2.24, 2.45) is 0 Å². The highest BCUT2D eigenvalue weighted by molar-refractivity contribution is 5.95. The number of hydrogen-bond acceptors (Lipinski definition) is 3. The van der Waals surface area contributed by atoms with Crippen molar-refractivity contribution in [3.8, 4) is 0 Å². The van der Waals surface area contributed by atoms with Gasteiger partial charge in [0.15, 0.2) is 0 Å². The smallest absolute Gasteiger partial charge is 0.394 e. The second-order valence-corrected chi connectivity index (χ2v) is 4.41. The average Bonchev–Trinajstić information content (AvgIpc) is 2.37. The highest BCUT2D eigenvalue weighted by Gasteiger charge is 2.31. The molecule has 1 rings (SSSR count). The molecule has 0 spiro atoms. The lowest BCUT2D eigenvalue weighted by molar-refractivity contribution is -0.137. The number of nitrogens with one attached hydrogen (secondary N) is 1. The first kappa shape index (κ1) is 16.5. The molecule has 0 bridgehead atoms. The third kappa shape index (κ3) is 4.50. The van der Waals surface area contributed by atoms with E-state index in [2.05, 4.69) is 5.32 Å². The van der Waals surface area contributed by atoms with Gasteiger partial charge in [-0.05, 0) is 31.0 Å². The van der Waals surface area contributed by atoms with E-state index in [0.717, 1.165) is 12.1 Å². The highest BCUT2D eigenvalue weighted by atomic mass is 19.4. The molecule has 20 heavy (non-hydrogen) atoms. The summed E-state index contributed by atoms with van der Waals surface area (Å²) in [6.07, 6.45) is -5.34. The van der Waals surface area contributed by atoms with Crippen LogP contribution in [0.1, 0.15) is 27.9 Å². The van der Waals surface area contributed by atoms with E-state index in [0.29, 0.717) is 5.56 Å². The summed E-state index contributed by atoms with van der Waals surface area (Å²) >= 11 is 0. The molecule has 0 radical (unpaired) electrons. The van der Waals surface area contributed by atoms with Crippen LogP contribution in [-0.4, -0.2) is 35.4 Å². The summed E-state index contributed by atoms with van der Waals surface area (Å²) in [7, 11) is 0. The molecule has 0 fully saturated rings. The number of aliphatic hydroxyl groups is 2. The van der Waals surface area contributed by atoms with Crippen LogP contribution in [0.25, 0.3) is 0 Å². The molecule has 0 aromatic heterocycles. The van der Waals surface area contributed by atoms with Crippen LogP contribution in [0.3, 0.4) is 0 Å². The van der Waals surface area contributed by atoms with Crippen LogP contribution in [0.15, 0.2) is 18.2 Å². The third-order valence-electron chi connectivity index (χ3n) is 2.78. The largest absolute Gasteiger partial charge is 0.416 e. The standard InChI is InChI=1S/C13H16F3NO3/c1-8-2-3-9(13(14,15)16)6-11(8)12(20)17-5-4-10(19)7-18/h2-3,6,10,18-19H,4-5,7H2,1H3,(H,17,20)/t10-/m0/s1. The number of aryl methyl sites for hydroxylation is 1. The maximum atomic E-state index is 12.6. The zero-order valence-corrected chi connectivity index (χ0v) is 10.9. The van der Waals surface area contributed by atoms with Crippen LogP contribution in [0, 0.1) is 6.92 Å². The molecule has 0 saturated heterocycles. The van der Waals surface area contributed by atoms with Crippen LogP contribution in [-0.2, 0) is 6.18 Å². The predicted molar refractivity (Wildman–Crippen MR) is 66.2 cm³/mol. The minimum atomic E-state index is -4.50. The molecule has 1 atom stereocenters. The Labute approximate surface area is 114 Å². The Morgan fingerprint density at radius 3 is 2.60 bits per heavy atom. The second-order valence-electron chi connectivity index (χ2n) is 4.41. The fourth-order valence-electron chi connectivity index (χ4n) is 1.58. The summed E-state index contributed by atoms with van der Waals surface area (Å²) in [6, 6.07) is 2.95. The monoisotopic (exact) mass is 291 g/mol. The van der Waals surface area contributed by atoms with Crippen molar-refractivity contribution in [1.29, 1.82) is 0 Å². The Morgan fingerprint density at radius 2 is 2.05 bits per heavy atom. The van der Waals surface area contributed by atoms with Crippen molar-refractivity contribution >= 4 is 5.91 Å². The maximum absolute atomic E-state index is 12.6. The van der Waals surface area contributed by atoms with Gasteiger partial charge in [-0.15, -0.1) is 0 Å². The van der Waals surface area contributed by atoms with Crippen LogP contribution in [0.5, 0.6) is 0 Å². The third-order valence-corrected chi connectivity index (χ3v) is 2.78. The fraction of sp³-hybridized carbons (Fsp3) is 0.462. The Bertz CT molecular complexity index is 474. The van der Waals surface area contributed by atoms with Crippen molar-refractivity contribution in [2.45, 2.75) is 25.6 Å². The van der Waals surface area contributed by atoms with Crippen LogP contribution >= 0.6 is 0 Å². The first-order chi connectivity index (χ1) is 9.25. The highest BCUT2D eigenvalue weighted by Crippen LogP contribution is 2.30. The Hall–Kier alpha value is -1.60. The molecule has 0 saturated carbocycles. The molecule has 0 aliphatic carbocycles. The number of carbonyl (C=O) groups excluding carboxylic acids is 1. The normalized spacial score (nSPS) is 13.1. The van der Waals surface area contributed by atoms with Crippen molar-refractivity contribution in [3.05, 3.63) is 34.9 Å². The number of hydrogen-bond donors (Lipinski definition) is 3. The maximum Gasteiger partial charge on any atom is 0.416 e. The summed E-state index contributed by atoms with van der Waals surface area (Å²) in [5.41, 5.74) is -0.514. The molecule has 1 amide bonds. The molecular formula is C13H16F3NO3. The van der Waals surface area contributed by atoms with Gasteiger partial charge < -0.3 is 15.5 Å². The number of amides is 1. The number of halogens is 3. The van der Waals surface area contributed by atoms with Crippen molar-refractivity contribution < 1.29 is 28.2 Å². The SMILES string of the molecule is Cc1ccc(C(F)(F)F)cc1C(=O)NCC[C@H](O)CO. The zero-order valence-electron chi connectivity index (χ0n) is 10.9. The molecule has 112 valence electrons. The van der Waals surface area contributed by atoms with E-state index in [1.165, 1.54) is 13.0 Å². The molecule has 0 heterocycles. The minimum absolute atomic E-state index is 0.0571. The summed E-state index contributed by atoms with van der Waals surface area (Å²) in [6.45, 7) is 1.17.